The molecule has 0 saturated heterocycles. The molecule has 0 aromatic heterocycles. The minimum Gasteiger partial charge on any atom is -0.489 e. The molecule has 0 aliphatic heterocycles. The second-order valence-corrected chi connectivity index (χ2v) is 10.3. The summed E-state index contributed by atoms with van der Waals surface area (Å²) < 4.78 is 5.93. The van der Waals surface area contributed by atoms with E-state index in [0.29, 0.717) is 17.9 Å². The quantitative estimate of drug-likeness (QED) is 0.311. The largest absolute Gasteiger partial charge is 0.489 e. The van der Waals surface area contributed by atoms with Gasteiger partial charge in [0.25, 0.3) is 0 Å². The molecule has 35 heavy (non-hydrogen) atoms. The maximum atomic E-state index is 5.93. The molecule has 2 aromatic carbocycles. The Hall–Kier alpha value is -1.76. The summed E-state index contributed by atoms with van der Waals surface area (Å²) in [6.07, 6.45) is 15.1. The van der Waals surface area contributed by atoms with Crippen LogP contribution in [0.3, 0.4) is 0 Å². The predicted octanol–water partition coefficient (Wildman–Crippen LogP) is 11.4. The molecule has 1 saturated carbocycles. The van der Waals surface area contributed by atoms with Crippen LogP contribution in [0.25, 0.3) is 0 Å². The Balaban J connectivity index is 0.000000473. The van der Waals surface area contributed by atoms with E-state index in [1.807, 2.05) is 19.9 Å². The summed E-state index contributed by atoms with van der Waals surface area (Å²) >= 11 is 0. The summed E-state index contributed by atoms with van der Waals surface area (Å²) in [5.41, 5.74) is 3.16. The Kier molecular flexibility index (Phi) is 16.5. The van der Waals surface area contributed by atoms with Gasteiger partial charge < -0.3 is 4.74 Å². The Morgan fingerprint density at radius 3 is 1.89 bits per heavy atom. The third kappa shape index (κ3) is 11.2. The van der Waals surface area contributed by atoms with Gasteiger partial charge in [-0.2, -0.15) is 0 Å². The molecule has 0 amide bonds. The normalized spacial score (nSPS) is 15.3. The first-order chi connectivity index (χ1) is 17.1. The van der Waals surface area contributed by atoms with E-state index in [1.54, 1.807) is 0 Å². The van der Waals surface area contributed by atoms with Crippen LogP contribution >= 0.6 is 0 Å². The van der Waals surface area contributed by atoms with E-state index in [9.17, 15) is 0 Å². The Labute approximate surface area is 219 Å². The van der Waals surface area contributed by atoms with Crippen molar-refractivity contribution in [3.05, 3.63) is 65.7 Å². The molecule has 1 heteroatoms. The third-order valence-electron chi connectivity index (χ3n) is 7.90. The van der Waals surface area contributed by atoms with E-state index in [1.165, 1.54) is 81.8 Å². The van der Waals surface area contributed by atoms with Crippen molar-refractivity contribution in [2.24, 2.45) is 11.3 Å². The minimum absolute atomic E-state index is 0.472. The van der Waals surface area contributed by atoms with Gasteiger partial charge in [0.05, 0.1) is 0 Å². The van der Waals surface area contributed by atoms with Gasteiger partial charge in [0.15, 0.2) is 0 Å². The number of benzene rings is 2. The first kappa shape index (κ1) is 31.3. The zero-order valence-corrected chi connectivity index (χ0v) is 24.2. The van der Waals surface area contributed by atoms with E-state index >= 15 is 0 Å². The third-order valence-corrected chi connectivity index (χ3v) is 7.90. The van der Waals surface area contributed by atoms with Crippen LogP contribution in [0, 0.1) is 11.3 Å². The van der Waals surface area contributed by atoms with Crippen molar-refractivity contribution < 1.29 is 4.74 Å². The van der Waals surface area contributed by atoms with E-state index in [-0.39, 0.29) is 0 Å². The fourth-order valence-corrected chi connectivity index (χ4v) is 5.57. The molecule has 1 fully saturated rings. The van der Waals surface area contributed by atoms with E-state index in [0.717, 1.165) is 11.7 Å². The highest BCUT2D eigenvalue weighted by atomic mass is 16.5. The lowest BCUT2D eigenvalue weighted by Crippen LogP contribution is -2.28. The van der Waals surface area contributed by atoms with Gasteiger partial charge in [-0.25, -0.2) is 0 Å². The van der Waals surface area contributed by atoms with Crippen molar-refractivity contribution >= 4 is 0 Å². The molecular formula is C34H56O. The van der Waals surface area contributed by atoms with Gasteiger partial charge in [-0.1, -0.05) is 142 Å². The molecule has 0 N–H and O–H groups in total. The lowest BCUT2D eigenvalue weighted by Gasteiger charge is -2.41. The molecule has 1 atom stereocenters. The Bertz CT molecular complexity index is 723. The van der Waals surface area contributed by atoms with Crippen molar-refractivity contribution in [2.45, 2.75) is 132 Å². The second kappa shape index (κ2) is 18.5. The van der Waals surface area contributed by atoms with Crippen molar-refractivity contribution in [1.29, 1.82) is 0 Å². The molecule has 1 unspecified atom stereocenters. The first-order valence-corrected chi connectivity index (χ1v) is 14.8. The van der Waals surface area contributed by atoms with Crippen LogP contribution in [0.15, 0.2) is 54.6 Å². The average Bonchev–Trinajstić information content (AvgIpc) is 2.92. The highest BCUT2D eigenvalue weighted by Crippen LogP contribution is 2.48. The van der Waals surface area contributed by atoms with Crippen LogP contribution in [0.5, 0.6) is 5.75 Å². The van der Waals surface area contributed by atoms with Crippen LogP contribution in [-0.2, 0) is 6.61 Å². The van der Waals surface area contributed by atoms with Gasteiger partial charge >= 0.3 is 0 Å². The number of rotatable bonds is 11. The van der Waals surface area contributed by atoms with Crippen LogP contribution in [-0.4, -0.2) is 0 Å². The van der Waals surface area contributed by atoms with Gasteiger partial charge in [0.1, 0.15) is 12.4 Å². The molecular weight excluding hydrogens is 424 g/mol. The van der Waals surface area contributed by atoms with Crippen LogP contribution < -0.4 is 4.74 Å². The molecule has 198 valence electrons. The molecule has 0 spiro atoms. The molecule has 0 radical (unpaired) electrons. The molecule has 0 bridgehead atoms. The topological polar surface area (TPSA) is 9.23 Å². The molecule has 1 nitrogen and oxygen atoms in total. The van der Waals surface area contributed by atoms with Gasteiger partial charge in [0.2, 0.25) is 0 Å². The fourth-order valence-electron chi connectivity index (χ4n) is 5.57. The van der Waals surface area contributed by atoms with Crippen LogP contribution in [0.2, 0.25) is 0 Å². The molecule has 3 rings (SSSR count). The standard InChI is InChI=1S/C23H30O.C9H20.C2H6/c1-3-22(23(2)16-8-5-9-17-23)20-12-14-21(15-13-20)24-18-19-10-6-4-7-11-19;1-4-7-8-9(5-2)6-3;1-2/h4,6-7,10-15,22H,3,5,8-9,16-18H2,1-2H3;9H,4-8H2,1-3H3;1-2H3. The summed E-state index contributed by atoms with van der Waals surface area (Å²) in [6, 6.07) is 19.2. The van der Waals surface area contributed by atoms with Crippen molar-refractivity contribution in [3.63, 3.8) is 0 Å². The number of ether oxygens (including phenoxy) is 1. The zero-order chi connectivity index (χ0) is 25.9. The highest BCUT2D eigenvalue weighted by molar-refractivity contribution is 5.31. The minimum atomic E-state index is 0.472. The van der Waals surface area contributed by atoms with Gasteiger partial charge in [-0.15, -0.1) is 0 Å². The molecule has 0 heterocycles. The van der Waals surface area contributed by atoms with Crippen molar-refractivity contribution in [2.75, 3.05) is 0 Å². The smallest absolute Gasteiger partial charge is 0.119 e. The zero-order valence-electron chi connectivity index (χ0n) is 24.2. The summed E-state index contributed by atoms with van der Waals surface area (Å²) in [5.74, 6) is 2.64. The maximum Gasteiger partial charge on any atom is 0.119 e. The first-order valence-electron chi connectivity index (χ1n) is 14.8. The summed E-state index contributed by atoms with van der Waals surface area (Å²) in [6.45, 7) is 16.3. The predicted molar refractivity (Wildman–Crippen MR) is 156 cm³/mol. The van der Waals surface area contributed by atoms with Crippen LogP contribution in [0.4, 0.5) is 0 Å². The lowest BCUT2D eigenvalue weighted by atomic mass is 9.64. The van der Waals surface area contributed by atoms with Gasteiger partial charge in [-0.05, 0) is 59.8 Å². The van der Waals surface area contributed by atoms with Gasteiger partial charge in [-0.3, -0.25) is 0 Å². The second-order valence-electron chi connectivity index (χ2n) is 10.3. The molecule has 2 aromatic rings. The van der Waals surface area contributed by atoms with Crippen LogP contribution in [0.1, 0.15) is 136 Å². The Morgan fingerprint density at radius 2 is 1.37 bits per heavy atom. The Morgan fingerprint density at radius 1 is 0.771 bits per heavy atom. The highest BCUT2D eigenvalue weighted by Gasteiger charge is 2.35. The van der Waals surface area contributed by atoms with E-state index in [2.05, 4.69) is 83.1 Å². The maximum absolute atomic E-state index is 5.93. The lowest BCUT2D eigenvalue weighted by molar-refractivity contribution is 0.164. The molecule has 1 aliphatic rings. The monoisotopic (exact) mass is 480 g/mol. The number of unbranched alkanes of at least 4 members (excludes halogenated alkanes) is 1. The SMILES string of the molecule is CC.CCC(c1ccc(OCc2ccccc2)cc1)C1(C)CCCCC1.CCCCC(CC)CC. The van der Waals surface area contributed by atoms with Crippen molar-refractivity contribution in [3.8, 4) is 5.75 Å². The van der Waals surface area contributed by atoms with E-state index < -0.39 is 0 Å². The fraction of sp³-hybridized carbons (Fsp3) is 0.647. The van der Waals surface area contributed by atoms with Crippen molar-refractivity contribution in [1.82, 2.24) is 0 Å². The summed E-state index contributed by atoms with van der Waals surface area (Å²) in [5, 5.41) is 0. The summed E-state index contributed by atoms with van der Waals surface area (Å²) in [7, 11) is 0. The average molecular weight is 481 g/mol. The summed E-state index contributed by atoms with van der Waals surface area (Å²) in [4.78, 5) is 0. The van der Waals surface area contributed by atoms with E-state index in [4.69, 9.17) is 4.74 Å². The number of hydrogen-bond donors (Lipinski definition) is 0. The van der Waals surface area contributed by atoms with Gasteiger partial charge in [0, 0.05) is 0 Å². The number of hydrogen-bond acceptors (Lipinski definition) is 1. The molecule has 1 aliphatic carbocycles.